The Morgan fingerprint density at radius 1 is 1.60 bits per heavy atom. The quantitative estimate of drug-likeness (QED) is 0.711. The molecule has 0 radical (unpaired) electrons. The average Bonchev–Trinajstić information content (AvgIpc) is 3.00. The molecule has 1 heterocycles. The molecule has 1 aliphatic carbocycles. The Morgan fingerprint density at radius 2 is 2.33 bits per heavy atom. The molecule has 1 aromatic heterocycles. The maximum atomic E-state index is 11.8. The molecule has 3 heteroatoms. The molecular weight excluding hydrogens is 190 g/mol. The van der Waals surface area contributed by atoms with Crippen molar-refractivity contribution >= 4 is 5.97 Å². The minimum Gasteiger partial charge on any atom is -0.462 e. The molecule has 3 nitrogen and oxygen atoms in total. The summed E-state index contributed by atoms with van der Waals surface area (Å²) in [5.74, 6) is 0.245. The second kappa shape index (κ2) is 4.01. The van der Waals surface area contributed by atoms with Gasteiger partial charge >= 0.3 is 5.97 Å². The average molecular weight is 205 g/mol. The first-order chi connectivity index (χ1) is 7.24. The molecule has 0 saturated heterocycles. The normalized spacial score (nSPS) is 15.1. The summed E-state index contributed by atoms with van der Waals surface area (Å²) in [5.41, 5.74) is 2.57. The fourth-order valence-corrected chi connectivity index (χ4v) is 1.71. The van der Waals surface area contributed by atoms with Crippen LogP contribution >= 0.6 is 0 Å². The maximum Gasteiger partial charge on any atom is 0.340 e. The van der Waals surface area contributed by atoms with E-state index in [-0.39, 0.29) is 5.97 Å². The smallest absolute Gasteiger partial charge is 0.340 e. The number of nitrogens with zero attached hydrogens (tertiary/aromatic N) is 1. The van der Waals surface area contributed by atoms with Crippen molar-refractivity contribution in [2.24, 2.45) is 0 Å². The van der Waals surface area contributed by atoms with Gasteiger partial charge < -0.3 is 4.74 Å². The van der Waals surface area contributed by atoms with Crippen molar-refractivity contribution in [2.75, 3.05) is 6.61 Å². The molecule has 0 amide bonds. The van der Waals surface area contributed by atoms with Crippen molar-refractivity contribution in [3.05, 3.63) is 29.1 Å². The molecule has 80 valence electrons. The van der Waals surface area contributed by atoms with Crippen LogP contribution in [-0.4, -0.2) is 17.6 Å². The molecule has 1 aliphatic rings. The van der Waals surface area contributed by atoms with Gasteiger partial charge in [-0.3, -0.25) is 4.98 Å². The molecular formula is C12H15NO2. The highest BCUT2D eigenvalue weighted by atomic mass is 16.5. The summed E-state index contributed by atoms with van der Waals surface area (Å²) in [5, 5.41) is 0. The van der Waals surface area contributed by atoms with E-state index < -0.39 is 0 Å². The van der Waals surface area contributed by atoms with Gasteiger partial charge in [0.05, 0.1) is 17.9 Å². The van der Waals surface area contributed by atoms with Gasteiger partial charge in [0, 0.05) is 12.1 Å². The van der Waals surface area contributed by atoms with Gasteiger partial charge in [0.2, 0.25) is 0 Å². The number of rotatable bonds is 3. The molecule has 1 aromatic rings. The topological polar surface area (TPSA) is 39.2 Å². The third kappa shape index (κ3) is 2.01. The van der Waals surface area contributed by atoms with Crippen molar-refractivity contribution in [3.8, 4) is 0 Å². The van der Waals surface area contributed by atoms with E-state index in [1.807, 2.05) is 19.9 Å². The second-order valence-corrected chi connectivity index (χ2v) is 3.88. The highest BCUT2D eigenvalue weighted by Gasteiger charge is 2.30. The van der Waals surface area contributed by atoms with E-state index in [0.717, 1.165) is 24.1 Å². The molecule has 1 fully saturated rings. The molecule has 2 rings (SSSR count). The van der Waals surface area contributed by atoms with Gasteiger partial charge in [0.1, 0.15) is 0 Å². The number of pyridine rings is 1. The van der Waals surface area contributed by atoms with Crippen LogP contribution in [0.3, 0.4) is 0 Å². The lowest BCUT2D eigenvalue weighted by atomic mass is 10.1. The van der Waals surface area contributed by atoms with Gasteiger partial charge in [-0.15, -0.1) is 0 Å². The van der Waals surface area contributed by atoms with E-state index >= 15 is 0 Å². The summed E-state index contributed by atoms with van der Waals surface area (Å²) in [6, 6.07) is 1.86. The predicted octanol–water partition coefficient (Wildman–Crippen LogP) is 2.44. The van der Waals surface area contributed by atoms with Crippen LogP contribution in [0.4, 0.5) is 0 Å². The number of carbonyl (C=O) groups is 1. The van der Waals surface area contributed by atoms with Crippen LogP contribution in [0, 0.1) is 6.92 Å². The number of carbonyl (C=O) groups excluding carboxylic acids is 1. The van der Waals surface area contributed by atoms with Gasteiger partial charge in [-0.2, -0.15) is 0 Å². The van der Waals surface area contributed by atoms with Crippen molar-refractivity contribution in [2.45, 2.75) is 32.6 Å². The number of hydrogen-bond acceptors (Lipinski definition) is 3. The zero-order valence-electron chi connectivity index (χ0n) is 9.12. The Balaban J connectivity index is 2.37. The van der Waals surface area contributed by atoms with Gasteiger partial charge in [0.15, 0.2) is 0 Å². The lowest BCUT2D eigenvalue weighted by Gasteiger charge is -2.09. The van der Waals surface area contributed by atoms with E-state index in [0.29, 0.717) is 18.1 Å². The SMILES string of the molecule is CCOC(=O)c1c(C)ccnc1C1CC1. The summed E-state index contributed by atoms with van der Waals surface area (Å²) in [6.45, 7) is 4.16. The molecule has 0 unspecified atom stereocenters. The maximum absolute atomic E-state index is 11.8. The molecule has 1 saturated carbocycles. The summed E-state index contributed by atoms with van der Waals surface area (Å²) in [7, 11) is 0. The Kier molecular flexibility index (Phi) is 2.71. The van der Waals surface area contributed by atoms with Crippen LogP contribution in [0.1, 0.15) is 47.3 Å². The third-order valence-corrected chi connectivity index (χ3v) is 2.63. The zero-order chi connectivity index (χ0) is 10.8. The van der Waals surface area contributed by atoms with E-state index in [4.69, 9.17) is 4.74 Å². The monoisotopic (exact) mass is 205 g/mol. The van der Waals surface area contributed by atoms with Crippen molar-refractivity contribution in [1.82, 2.24) is 4.98 Å². The lowest BCUT2D eigenvalue weighted by Crippen LogP contribution is -2.11. The first kappa shape index (κ1) is 10.1. The predicted molar refractivity (Wildman–Crippen MR) is 56.9 cm³/mol. The third-order valence-electron chi connectivity index (χ3n) is 2.63. The van der Waals surface area contributed by atoms with Gasteiger partial charge in [-0.1, -0.05) is 0 Å². The number of aromatic nitrogens is 1. The van der Waals surface area contributed by atoms with Crippen molar-refractivity contribution in [1.29, 1.82) is 0 Å². The number of hydrogen-bond donors (Lipinski definition) is 0. The second-order valence-electron chi connectivity index (χ2n) is 3.88. The fourth-order valence-electron chi connectivity index (χ4n) is 1.71. The van der Waals surface area contributed by atoms with Gasteiger partial charge in [-0.25, -0.2) is 4.79 Å². The van der Waals surface area contributed by atoms with Crippen LogP contribution in [0.2, 0.25) is 0 Å². The minimum atomic E-state index is -0.231. The molecule has 0 bridgehead atoms. The first-order valence-corrected chi connectivity index (χ1v) is 5.36. The van der Waals surface area contributed by atoms with Crippen LogP contribution in [0.5, 0.6) is 0 Å². The Bertz CT molecular complexity index is 383. The van der Waals surface area contributed by atoms with Crippen molar-refractivity contribution in [3.63, 3.8) is 0 Å². The zero-order valence-corrected chi connectivity index (χ0v) is 9.12. The number of aryl methyl sites for hydroxylation is 1. The van der Waals surface area contributed by atoms with Crippen LogP contribution in [-0.2, 0) is 4.74 Å². The lowest BCUT2D eigenvalue weighted by molar-refractivity contribution is 0.0523. The summed E-state index contributed by atoms with van der Waals surface area (Å²) < 4.78 is 5.05. The summed E-state index contributed by atoms with van der Waals surface area (Å²) in [6.07, 6.45) is 4.05. The Morgan fingerprint density at radius 3 is 2.93 bits per heavy atom. The fraction of sp³-hybridized carbons (Fsp3) is 0.500. The van der Waals surface area contributed by atoms with E-state index in [2.05, 4.69) is 4.98 Å². The molecule has 0 spiro atoms. The molecule has 0 aromatic carbocycles. The Hall–Kier alpha value is -1.38. The number of esters is 1. The van der Waals surface area contributed by atoms with E-state index in [1.165, 1.54) is 0 Å². The van der Waals surface area contributed by atoms with Crippen LogP contribution in [0.25, 0.3) is 0 Å². The summed E-state index contributed by atoms with van der Waals surface area (Å²) in [4.78, 5) is 16.1. The van der Waals surface area contributed by atoms with Crippen molar-refractivity contribution < 1.29 is 9.53 Å². The molecule has 0 atom stereocenters. The van der Waals surface area contributed by atoms with E-state index in [1.54, 1.807) is 6.20 Å². The Labute approximate surface area is 89.5 Å². The van der Waals surface area contributed by atoms with E-state index in [9.17, 15) is 4.79 Å². The highest BCUT2D eigenvalue weighted by Crippen LogP contribution is 2.41. The largest absolute Gasteiger partial charge is 0.462 e. The summed E-state index contributed by atoms with van der Waals surface area (Å²) >= 11 is 0. The number of ether oxygens (including phenoxy) is 1. The molecule has 0 N–H and O–H groups in total. The molecule has 0 aliphatic heterocycles. The van der Waals surface area contributed by atoms with Gasteiger partial charge in [0.25, 0.3) is 0 Å². The standard InChI is InChI=1S/C12H15NO2/c1-3-15-12(14)10-8(2)6-7-13-11(10)9-4-5-9/h6-7,9H,3-5H2,1-2H3. The van der Waals surface area contributed by atoms with Crippen LogP contribution in [0.15, 0.2) is 12.3 Å². The van der Waals surface area contributed by atoms with Crippen LogP contribution < -0.4 is 0 Å². The highest BCUT2D eigenvalue weighted by molar-refractivity contribution is 5.92. The first-order valence-electron chi connectivity index (χ1n) is 5.36. The van der Waals surface area contributed by atoms with Gasteiger partial charge in [-0.05, 0) is 38.3 Å². The minimum absolute atomic E-state index is 0.231. The molecule has 15 heavy (non-hydrogen) atoms.